The molecule has 1 fully saturated rings. The highest BCUT2D eigenvalue weighted by Crippen LogP contribution is 2.33. The Labute approximate surface area is 193 Å². The highest BCUT2D eigenvalue weighted by Gasteiger charge is 2.22. The highest BCUT2D eigenvalue weighted by molar-refractivity contribution is 5.94. The molecule has 3 aromatic heterocycles. The van der Waals surface area contributed by atoms with E-state index in [2.05, 4.69) is 24.8 Å². The first kappa shape index (κ1) is 20.6. The van der Waals surface area contributed by atoms with E-state index in [1.165, 1.54) is 25.0 Å². The molecule has 2 aromatic carbocycles. The fourth-order valence-electron chi connectivity index (χ4n) is 4.34. The molecule has 0 radical (unpaired) electrons. The standard InChI is InChI=1S/C25H20FN5O3/c26-19-4-1-15(11-18(19)24(32)23-25-20(5-8-34-25)27-13-30-23)22-17-3-2-16(12-21(17)28-14-29-22)31-6-9-33-10-7-31/h1-5,8,11-14,24,32H,6-7,9-10H2. The summed E-state index contributed by atoms with van der Waals surface area (Å²) in [5, 5.41) is 11.9. The zero-order valence-corrected chi connectivity index (χ0v) is 18.1. The molecular weight excluding hydrogens is 437 g/mol. The summed E-state index contributed by atoms with van der Waals surface area (Å²) in [5.41, 5.74) is 4.31. The molecule has 1 aliphatic rings. The van der Waals surface area contributed by atoms with Crippen LogP contribution in [0.25, 0.3) is 33.3 Å². The van der Waals surface area contributed by atoms with Crippen molar-refractivity contribution in [1.29, 1.82) is 0 Å². The van der Waals surface area contributed by atoms with Gasteiger partial charge in [-0.15, -0.1) is 0 Å². The number of furan rings is 1. The maximum Gasteiger partial charge on any atom is 0.176 e. The topological polar surface area (TPSA) is 97.4 Å². The number of aliphatic hydroxyl groups excluding tert-OH is 1. The van der Waals surface area contributed by atoms with E-state index in [9.17, 15) is 9.50 Å². The minimum Gasteiger partial charge on any atom is -0.461 e. The van der Waals surface area contributed by atoms with Crippen LogP contribution in [0.2, 0.25) is 0 Å². The van der Waals surface area contributed by atoms with E-state index >= 15 is 0 Å². The number of aliphatic hydroxyl groups is 1. The van der Waals surface area contributed by atoms with Crippen LogP contribution in [0.15, 0.2) is 65.8 Å². The first-order valence-electron chi connectivity index (χ1n) is 10.9. The number of rotatable bonds is 4. The number of benzene rings is 2. The molecular formula is C25H20FN5O3. The van der Waals surface area contributed by atoms with Gasteiger partial charge in [-0.1, -0.05) is 0 Å². The van der Waals surface area contributed by atoms with Crippen LogP contribution in [-0.4, -0.2) is 51.3 Å². The predicted octanol–water partition coefficient (Wildman–Crippen LogP) is 3.89. The second kappa shape index (κ2) is 8.44. The Morgan fingerprint density at radius 1 is 0.912 bits per heavy atom. The summed E-state index contributed by atoms with van der Waals surface area (Å²) < 4.78 is 25.7. The van der Waals surface area contributed by atoms with Gasteiger partial charge >= 0.3 is 0 Å². The summed E-state index contributed by atoms with van der Waals surface area (Å²) in [4.78, 5) is 19.4. The zero-order valence-electron chi connectivity index (χ0n) is 18.1. The van der Waals surface area contributed by atoms with Gasteiger partial charge in [-0.2, -0.15) is 0 Å². The smallest absolute Gasteiger partial charge is 0.176 e. The molecule has 0 aliphatic carbocycles. The van der Waals surface area contributed by atoms with Gasteiger partial charge in [0, 0.05) is 41.4 Å². The number of hydrogen-bond acceptors (Lipinski definition) is 8. The van der Waals surface area contributed by atoms with E-state index in [4.69, 9.17) is 9.15 Å². The van der Waals surface area contributed by atoms with E-state index in [1.54, 1.807) is 18.2 Å². The molecule has 0 bridgehead atoms. The zero-order chi connectivity index (χ0) is 23.1. The minimum atomic E-state index is -1.34. The van der Waals surface area contributed by atoms with Gasteiger partial charge in [0.25, 0.3) is 0 Å². The van der Waals surface area contributed by atoms with Crippen LogP contribution in [0.4, 0.5) is 10.1 Å². The molecule has 0 amide bonds. The van der Waals surface area contributed by atoms with Gasteiger partial charge in [0.2, 0.25) is 0 Å². The quantitative estimate of drug-likeness (QED) is 0.434. The SMILES string of the molecule is OC(c1cc(-c2ncnc3cc(N4CCOCC4)ccc23)ccc1F)c1ncnc2ccoc12. The lowest BCUT2D eigenvalue weighted by Crippen LogP contribution is -2.36. The van der Waals surface area contributed by atoms with Gasteiger partial charge in [0.05, 0.1) is 30.7 Å². The van der Waals surface area contributed by atoms with Gasteiger partial charge in [-0.05, 0) is 36.4 Å². The normalized spacial score (nSPS) is 15.2. The summed E-state index contributed by atoms with van der Waals surface area (Å²) in [6, 6.07) is 12.3. The Morgan fingerprint density at radius 3 is 2.62 bits per heavy atom. The third kappa shape index (κ3) is 3.55. The van der Waals surface area contributed by atoms with E-state index in [1.807, 2.05) is 18.2 Å². The second-order valence-electron chi connectivity index (χ2n) is 8.06. The van der Waals surface area contributed by atoms with E-state index < -0.39 is 11.9 Å². The average molecular weight is 457 g/mol. The van der Waals surface area contributed by atoms with Crippen molar-refractivity contribution in [2.24, 2.45) is 0 Å². The van der Waals surface area contributed by atoms with Crippen LogP contribution in [0, 0.1) is 5.82 Å². The number of halogens is 1. The molecule has 1 unspecified atom stereocenters. The van der Waals surface area contributed by atoms with Crippen LogP contribution >= 0.6 is 0 Å². The number of hydrogen-bond donors (Lipinski definition) is 1. The predicted molar refractivity (Wildman–Crippen MR) is 124 cm³/mol. The average Bonchev–Trinajstić information content (AvgIpc) is 3.38. The second-order valence-corrected chi connectivity index (χ2v) is 8.06. The Hall–Kier alpha value is -3.95. The molecule has 34 heavy (non-hydrogen) atoms. The Balaban J connectivity index is 1.41. The lowest BCUT2D eigenvalue weighted by atomic mass is 9.99. The van der Waals surface area contributed by atoms with Gasteiger partial charge in [0.1, 0.15) is 35.8 Å². The van der Waals surface area contributed by atoms with Gasteiger partial charge in [-0.25, -0.2) is 24.3 Å². The van der Waals surface area contributed by atoms with Crippen molar-refractivity contribution in [3.63, 3.8) is 0 Å². The molecule has 1 aliphatic heterocycles. The van der Waals surface area contributed by atoms with Crippen molar-refractivity contribution in [1.82, 2.24) is 19.9 Å². The number of nitrogens with zero attached hydrogens (tertiary/aromatic N) is 5. The van der Waals surface area contributed by atoms with Crippen molar-refractivity contribution < 1.29 is 18.7 Å². The summed E-state index contributed by atoms with van der Waals surface area (Å²) in [6.07, 6.45) is 2.94. The van der Waals surface area contributed by atoms with Crippen molar-refractivity contribution in [3.05, 3.63) is 78.5 Å². The third-order valence-corrected chi connectivity index (χ3v) is 6.09. The highest BCUT2D eigenvalue weighted by atomic mass is 19.1. The Bertz CT molecular complexity index is 1500. The van der Waals surface area contributed by atoms with E-state index in [0.717, 1.165) is 29.7 Å². The minimum absolute atomic E-state index is 0.0746. The first-order valence-corrected chi connectivity index (χ1v) is 10.9. The number of morpholine rings is 1. The molecule has 9 heteroatoms. The molecule has 5 aromatic rings. The van der Waals surface area contributed by atoms with Crippen LogP contribution < -0.4 is 4.90 Å². The Morgan fingerprint density at radius 2 is 1.74 bits per heavy atom. The molecule has 0 spiro atoms. The van der Waals surface area contributed by atoms with Crippen LogP contribution in [0.3, 0.4) is 0 Å². The lowest BCUT2D eigenvalue weighted by Gasteiger charge is -2.29. The molecule has 1 saturated heterocycles. The van der Waals surface area contributed by atoms with E-state index in [0.29, 0.717) is 35.6 Å². The summed E-state index contributed by atoms with van der Waals surface area (Å²) in [5.74, 6) is -0.553. The fourth-order valence-corrected chi connectivity index (χ4v) is 4.34. The monoisotopic (exact) mass is 457 g/mol. The van der Waals surface area contributed by atoms with Crippen molar-refractivity contribution in [2.45, 2.75) is 6.10 Å². The van der Waals surface area contributed by atoms with Gasteiger partial charge in [-0.3, -0.25) is 0 Å². The van der Waals surface area contributed by atoms with E-state index in [-0.39, 0.29) is 11.3 Å². The molecule has 170 valence electrons. The molecule has 1 atom stereocenters. The maximum absolute atomic E-state index is 14.8. The third-order valence-electron chi connectivity index (χ3n) is 6.09. The van der Waals surface area contributed by atoms with Crippen LogP contribution in [0.1, 0.15) is 17.4 Å². The van der Waals surface area contributed by atoms with Crippen molar-refractivity contribution >= 4 is 27.7 Å². The fraction of sp³-hybridized carbons (Fsp3) is 0.200. The van der Waals surface area contributed by atoms with Crippen molar-refractivity contribution in [2.75, 3.05) is 31.2 Å². The number of anilines is 1. The summed E-state index contributed by atoms with van der Waals surface area (Å²) in [6.45, 7) is 3.05. The molecule has 8 nitrogen and oxygen atoms in total. The summed E-state index contributed by atoms with van der Waals surface area (Å²) in [7, 11) is 0. The van der Waals surface area contributed by atoms with Crippen LogP contribution in [0.5, 0.6) is 0 Å². The van der Waals surface area contributed by atoms with Crippen LogP contribution in [-0.2, 0) is 4.74 Å². The molecule has 4 heterocycles. The molecule has 1 N–H and O–H groups in total. The van der Waals surface area contributed by atoms with Gasteiger partial charge < -0.3 is 19.2 Å². The maximum atomic E-state index is 14.8. The molecule has 0 saturated carbocycles. The summed E-state index contributed by atoms with van der Waals surface area (Å²) >= 11 is 0. The number of fused-ring (bicyclic) bond motifs is 2. The largest absolute Gasteiger partial charge is 0.461 e. The van der Waals surface area contributed by atoms with Crippen molar-refractivity contribution in [3.8, 4) is 11.3 Å². The van der Waals surface area contributed by atoms with Gasteiger partial charge in [0.15, 0.2) is 5.58 Å². The Kier molecular flexibility index (Phi) is 5.12. The first-order chi connectivity index (χ1) is 16.7. The molecule has 6 rings (SSSR count). The number of ether oxygens (including phenoxy) is 1. The lowest BCUT2D eigenvalue weighted by molar-refractivity contribution is 0.122. The number of aromatic nitrogens is 4.